The molecule has 2 N–H and O–H groups in total. The number of carbonyl (C=O) groups is 1. The first-order chi connectivity index (χ1) is 14.3. The Bertz CT molecular complexity index is 981. The molecule has 0 bridgehead atoms. The van der Waals surface area contributed by atoms with Gasteiger partial charge < -0.3 is 15.0 Å². The van der Waals surface area contributed by atoms with Gasteiger partial charge in [0.2, 0.25) is 10.0 Å². The second-order valence-electron chi connectivity index (χ2n) is 7.72. The van der Waals surface area contributed by atoms with E-state index in [4.69, 9.17) is 4.74 Å². The maximum absolute atomic E-state index is 12.9. The zero-order valence-electron chi connectivity index (χ0n) is 17.6. The molecule has 1 aliphatic carbocycles. The van der Waals surface area contributed by atoms with E-state index in [0.717, 1.165) is 32.2 Å². The highest BCUT2D eigenvalue weighted by Crippen LogP contribution is 2.27. The van der Waals surface area contributed by atoms with Crippen LogP contribution in [0.3, 0.4) is 0 Å². The number of carbonyl (C=O) groups excluding carboxylic acids is 1. The van der Waals surface area contributed by atoms with Crippen LogP contribution >= 0.6 is 0 Å². The van der Waals surface area contributed by atoms with Gasteiger partial charge in [-0.15, -0.1) is 0 Å². The van der Waals surface area contributed by atoms with Gasteiger partial charge in [0.05, 0.1) is 25.5 Å². The van der Waals surface area contributed by atoms with Gasteiger partial charge in [0.25, 0.3) is 5.91 Å². The predicted molar refractivity (Wildman–Crippen MR) is 114 cm³/mol. The topological polar surface area (TPSA) is 106 Å². The molecule has 0 spiro atoms. The summed E-state index contributed by atoms with van der Waals surface area (Å²) in [4.78, 5) is 14.7. The van der Waals surface area contributed by atoms with Crippen molar-refractivity contribution in [3.8, 4) is 5.75 Å². The van der Waals surface area contributed by atoms with Gasteiger partial charge in [-0.2, -0.15) is 5.10 Å². The number of hydrogen-bond donors (Lipinski definition) is 2. The Labute approximate surface area is 177 Å². The molecule has 1 aliphatic rings. The van der Waals surface area contributed by atoms with Crippen molar-refractivity contribution in [2.45, 2.75) is 43.2 Å². The summed E-state index contributed by atoms with van der Waals surface area (Å²) in [7, 11) is 1.56. The van der Waals surface area contributed by atoms with Crippen molar-refractivity contribution in [2.75, 3.05) is 33.1 Å². The number of likely N-dealkylation sites (N-methyl/N-ethyl adjacent to an activating group) is 1. The monoisotopic (exact) mass is 435 g/mol. The second-order valence-corrected chi connectivity index (χ2v) is 9.40. The van der Waals surface area contributed by atoms with Crippen molar-refractivity contribution in [3.05, 3.63) is 36.2 Å². The van der Waals surface area contributed by atoms with E-state index in [9.17, 15) is 13.2 Å². The quantitative estimate of drug-likeness (QED) is 0.624. The van der Waals surface area contributed by atoms with Crippen LogP contribution in [-0.2, 0) is 16.6 Å². The molecule has 10 heteroatoms. The number of nitrogens with zero attached hydrogens (tertiary/aromatic N) is 3. The first kappa shape index (κ1) is 22.3. The summed E-state index contributed by atoms with van der Waals surface area (Å²) in [5.74, 6) is -0.212. The van der Waals surface area contributed by atoms with Gasteiger partial charge in [0.1, 0.15) is 10.6 Å². The molecule has 9 nitrogen and oxygen atoms in total. The van der Waals surface area contributed by atoms with Gasteiger partial charge in [0.15, 0.2) is 0 Å². The van der Waals surface area contributed by atoms with Gasteiger partial charge in [-0.05, 0) is 45.1 Å². The van der Waals surface area contributed by atoms with Crippen LogP contribution in [0.4, 0.5) is 5.69 Å². The summed E-state index contributed by atoms with van der Waals surface area (Å²) in [6.07, 6.45) is 6.96. The molecule has 1 heterocycles. The molecule has 164 valence electrons. The molecule has 1 fully saturated rings. The molecular weight excluding hydrogens is 406 g/mol. The van der Waals surface area contributed by atoms with Crippen molar-refractivity contribution in [3.63, 3.8) is 0 Å². The molecule has 0 atom stereocenters. The highest BCUT2D eigenvalue weighted by atomic mass is 32.2. The largest absolute Gasteiger partial charge is 0.495 e. The standard InChI is InChI=1S/C20H29N5O4S/c1-24(2)10-11-25-14-17(13-21-25)22-20(26)15-8-9-18(29-3)19(12-15)30(27,28)23-16-6-4-5-7-16/h8-9,12-14,16,23H,4-7,10-11H2,1-3H3,(H,22,26). The molecule has 0 unspecified atom stereocenters. The van der Waals surface area contributed by atoms with Crippen molar-refractivity contribution < 1.29 is 17.9 Å². The molecule has 1 saturated carbocycles. The third kappa shape index (κ3) is 5.59. The van der Waals surface area contributed by atoms with E-state index >= 15 is 0 Å². The smallest absolute Gasteiger partial charge is 0.255 e. The summed E-state index contributed by atoms with van der Waals surface area (Å²) in [6.45, 7) is 1.52. The van der Waals surface area contributed by atoms with Crippen LogP contribution in [0.1, 0.15) is 36.0 Å². The molecule has 3 rings (SSSR count). The summed E-state index contributed by atoms with van der Waals surface area (Å²) >= 11 is 0. The van der Waals surface area contributed by atoms with E-state index < -0.39 is 15.9 Å². The first-order valence-electron chi connectivity index (χ1n) is 9.97. The molecule has 0 radical (unpaired) electrons. The summed E-state index contributed by atoms with van der Waals surface area (Å²) in [5, 5.41) is 6.99. The Morgan fingerprint density at radius 2 is 2.03 bits per heavy atom. The SMILES string of the molecule is COc1ccc(C(=O)Nc2cnn(CCN(C)C)c2)cc1S(=O)(=O)NC1CCCC1. The molecular formula is C20H29N5O4S. The zero-order chi connectivity index (χ0) is 21.7. The minimum absolute atomic E-state index is 0.0359. The fourth-order valence-electron chi connectivity index (χ4n) is 3.41. The number of methoxy groups -OCH3 is 1. The minimum atomic E-state index is -3.80. The van der Waals surface area contributed by atoms with Gasteiger partial charge >= 0.3 is 0 Å². The number of anilines is 1. The van der Waals surface area contributed by atoms with E-state index in [1.807, 2.05) is 19.0 Å². The van der Waals surface area contributed by atoms with Crippen molar-refractivity contribution in [2.24, 2.45) is 0 Å². The van der Waals surface area contributed by atoms with E-state index in [2.05, 4.69) is 15.1 Å². The summed E-state index contributed by atoms with van der Waals surface area (Å²) < 4.78 is 35.5. The zero-order valence-corrected chi connectivity index (χ0v) is 18.4. The van der Waals surface area contributed by atoms with Gasteiger partial charge in [-0.3, -0.25) is 9.48 Å². The molecule has 2 aromatic rings. The van der Waals surface area contributed by atoms with Crippen molar-refractivity contribution in [1.29, 1.82) is 0 Å². The average molecular weight is 436 g/mol. The number of aromatic nitrogens is 2. The van der Waals surface area contributed by atoms with Crippen LogP contribution in [0, 0.1) is 0 Å². The third-order valence-corrected chi connectivity index (χ3v) is 6.60. The molecule has 0 aliphatic heterocycles. The second kappa shape index (κ2) is 9.59. The Hall–Kier alpha value is -2.43. The maximum atomic E-state index is 12.9. The number of sulfonamides is 1. The first-order valence-corrected chi connectivity index (χ1v) is 11.5. The molecule has 0 saturated heterocycles. The lowest BCUT2D eigenvalue weighted by atomic mass is 10.2. The number of rotatable bonds is 9. The van der Waals surface area contributed by atoms with E-state index in [0.29, 0.717) is 12.2 Å². The Morgan fingerprint density at radius 1 is 1.30 bits per heavy atom. The number of benzene rings is 1. The van der Waals surface area contributed by atoms with E-state index in [1.165, 1.54) is 19.2 Å². The van der Waals surface area contributed by atoms with Crippen LogP contribution in [0.25, 0.3) is 0 Å². The normalized spacial score (nSPS) is 14.9. The Balaban J connectivity index is 1.76. The highest BCUT2D eigenvalue weighted by molar-refractivity contribution is 7.89. The van der Waals surface area contributed by atoms with Crippen LogP contribution in [0.5, 0.6) is 5.75 Å². The fraction of sp³-hybridized carbons (Fsp3) is 0.500. The predicted octanol–water partition coefficient (Wildman–Crippen LogP) is 1.93. The summed E-state index contributed by atoms with van der Waals surface area (Å²) in [5.41, 5.74) is 0.770. The van der Waals surface area contributed by atoms with Crippen LogP contribution in [-0.4, -0.2) is 62.8 Å². The highest BCUT2D eigenvalue weighted by Gasteiger charge is 2.26. The lowest BCUT2D eigenvalue weighted by Gasteiger charge is -2.15. The lowest BCUT2D eigenvalue weighted by molar-refractivity contribution is 0.102. The number of hydrogen-bond acceptors (Lipinski definition) is 6. The molecule has 1 aromatic carbocycles. The summed E-state index contributed by atoms with van der Waals surface area (Å²) in [6, 6.07) is 4.31. The van der Waals surface area contributed by atoms with Crippen LogP contribution in [0.2, 0.25) is 0 Å². The molecule has 1 aromatic heterocycles. The number of ether oxygens (including phenoxy) is 1. The number of nitrogens with one attached hydrogen (secondary N) is 2. The van der Waals surface area contributed by atoms with Crippen LogP contribution in [0.15, 0.2) is 35.5 Å². The van der Waals surface area contributed by atoms with E-state index in [1.54, 1.807) is 23.1 Å². The van der Waals surface area contributed by atoms with E-state index in [-0.39, 0.29) is 22.3 Å². The fourth-order valence-corrected chi connectivity index (χ4v) is 4.91. The minimum Gasteiger partial charge on any atom is -0.495 e. The van der Waals surface area contributed by atoms with Crippen molar-refractivity contribution in [1.82, 2.24) is 19.4 Å². The maximum Gasteiger partial charge on any atom is 0.255 e. The van der Waals surface area contributed by atoms with Gasteiger partial charge in [-0.25, -0.2) is 13.1 Å². The van der Waals surface area contributed by atoms with Gasteiger partial charge in [0, 0.05) is 24.3 Å². The lowest BCUT2D eigenvalue weighted by Crippen LogP contribution is -2.33. The van der Waals surface area contributed by atoms with Gasteiger partial charge in [-0.1, -0.05) is 12.8 Å². The average Bonchev–Trinajstić information content (AvgIpc) is 3.37. The van der Waals surface area contributed by atoms with Crippen molar-refractivity contribution >= 4 is 21.6 Å². The Morgan fingerprint density at radius 3 is 2.70 bits per heavy atom. The third-order valence-electron chi connectivity index (χ3n) is 5.06. The molecule has 30 heavy (non-hydrogen) atoms. The molecule has 1 amide bonds. The number of amides is 1. The Kier molecular flexibility index (Phi) is 7.11. The van der Waals surface area contributed by atoms with Crippen LogP contribution < -0.4 is 14.8 Å².